The number of carboxylic acid groups (broad SMARTS) is 1. The fourth-order valence-corrected chi connectivity index (χ4v) is 1.51. The fourth-order valence-electron chi connectivity index (χ4n) is 1.51. The van der Waals surface area contributed by atoms with Crippen molar-refractivity contribution in [1.29, 1.82) is 0 Å². The molecule has 0 aromatic carbocycles. The van der Waals surface area contributed by atoms with Gasteiger partial charge in [0.1, 0.15) is 0 Å². The fraction of sp³-hybridized carbons (Fsp3) is 0.750. The van der Waals surface area contributed by atoms with Crippen LogP contribution in [0, 0.1) is 5.92 Å². The summed E-state index contributed by atoms with van der Waals surface area (Å²) in [5, 5.41) is 11.3. The first kappa shape index (κ1) is 9.03. The topological polar surface area (TPSA) is 66.4 Å². The van der Waals surface area contributed by atoms with Gasteiger partial charge >= 0.3 is 5.97 Å². The summed E-state index contributed by atoms with van der Waals surface area (Å²) >= 11 is 0. The Morgan fingerprint density at radius 1 is 1.75 bits per heavy atom. The lowest BCUT2D eigenvalue weighted by Crippen LogP contribution is -2.43. The molecule has 0 radical (unpaired) electrons. The van der Waals surface area contributed by atoms with E-state index in [1.807, 2.05) is 6.92 Å². The summed E-state index contributed by atoms with van der Waals surface area (Å²) in [6.07, 6.45) is 1.31. The molecule has 1 heterocycles. The normalized spacial score (nSPS) is 29.6. The second kappa shape index (κ2) is 3.56. The average Bonchev–Trinajstić information content (AvgIpc) is 1.94. The van der Waals surface area contributed by atoms with E-state index in [1.54, 1.807) is 0 Å². The standard InChI is InChI=1S/C8H13NO3/c1-5-6(4-8(11)12)2-3-7(10)9-5/h5-6H,2-4H2,1H3,(H,9,10)(H,11,12). The molecule has 2 N–H and O–H groups in total. The maximum atomic E-state index is 10.8. The van der Waals surface area contributed by atoms with E-state index < -0.39 is 5.97 Å². The van der Waals surface area contributed by atoms with Gasteiger partial charge in [-0.1, -0.05) is 0 Å². The van der Waals surface area contributed by atoms with E-state index in [1.165, 1.54) is 0 Å². The van der Waals surface area contributed by atoms with E-state index in [4.69, 9.17) is 5.11 Å². The Morgan fingerprint density at radius 3 is 2.92 bits per heavy atom. The van der Waals surface area contributed by atoms with Crippen molar-refractivity contribution in [3.63, 3.8) is 0 Å². The van der Waals surface area contributed by atoms with Gasteiger partial charge in [0.2, 0.25) is 5.91 Å². The Balaban J connectivity index is 2.45. The van der Waals surface area contributed by atoms with E-state index in [-0.39, 0.29) is 24.3 Å². The number of hydrogen-bond acceptors (Lipinski definition) is 2. The average molecular weight is 171 g/mol. The van der Waals surface area contributed by atoms with Crippen LogP contribution in [-0.2, 0) is 9.59 Å². The van der Waals surface area contributed by atoms with Gasteiger partial charge in [-0.25, -0.2) is 0 Å². The molecule has 4 nitrogen and oxygen atoms in total. The third-order valence-corrected chi connectivity index (χ3v) is 2.27. The Kier molecular flexibility index (Phi) is 2.68. The first-order chi connectivity index (χ1) is 5.59. The number of piperidine rings is 1. The SMILES string of the molecule is CC1NC(=O)CCC1CC(=O)O. The quantitative estimate of drug-likeness (QED) is 0.631. The maximum absolute atomic E-state index is 10.8. The van der Waals surface area contributed by atoms with E-state index in [0.717, 1.165) is 0 Å². The van der Waals surface area contributed by atoms with Gasteiger partial charge in [0.15, 0.2) is 0 Å². The number of carbonyl (C=O) groups excluding carboxylic acids is 1. The van der Waals surface area contributed by atoms with Crippen molar-refractivity contribution in [1.82, 2.24) is 5.32 Å². The predicted molar refractivity (Wildman–Crippen MR) is 42.6 cm³/mol. The van der Waals surface area contributed by atoms with Crippen LogP contribution in [0.4, 0.5) is 0 Å². The van der Waals surface area contributed by atoms with Crippen LogP contribution in [-0.4, -0.2) is 23.0 Å². The molecule has 1 amide bonds. The molecule has 12 heavy (non-hydrogen) atoms. The molecule has 0 bridgehead atoms. The van der Waals surface area contributed by atoms with Gasteiger partial charge in [-0.3, -0.25) is 9.59 Å². The van der Waals surface area contributed by atoms with Crippen LogP contribution in [0.2, 0.25) is 0 Å². The first-order valence-electron chi connectivity index (χ1n) is 4.10. The first-order valence-corrected chi connectivity index (χ1v) is 4.10. The van der Waals surface area contributed by atoms with Crippen LogP contribution in [0.1, 0.15) is 26.2 Å². The molecule has 1 aliphatic heterocycles. The zero-order valence-electron chi connectivity index (χ0n) is 7.04. The molecule has 1 rings (SSSR count). The van der Waals surface area contributed by atoms with Crippen molar-refractivity contribution in [3.8, 4) is 0 Å². The van der Waals surface area contributed by atoms with Crippen molar-refractivity contribution in [3.05, 3.63) is 0 Å². The smallest absolute Gasteiger partial charge is 0.303 e. The summed E-state index contributed by atoms with van der Waals surface area (Å²) in [6.45, 7) is 1.85. The summed E-state index contributed by atoms with van der Waals surface area (Å²) < 4.78 is 0. The molecule has 1 aliphatic rings. The lowest BCUT2D eigenvalue weighted by atomic mass is 9.89. The van der Waals surface area contributed by atoms with Crippen LogP contribution < -0.4 is 5.32 Å². The molecule has 0 spiro atoms. The molecule has 4 heteroatoms. The summed E-state index contributed by atoms with van der Waals surface area (Å²) in [5.74, 6) is -0.660. The molecular weight excluding hydrogens is 158 g/mol. The summed E-state index contributed by atoms with van der Waals surface area (Å²) in [6, 6.07) is 0.00218. The zero-order chi connectivity index (χ0) is 9.14. The van der Waals surface area contributed by atoms with Gasteiger partial charge in [-0.05, 0) is 19.3 Å². The Bertz CT molecular complexity index is 202. The molecule has 0 aliphatic carbocycles. The highest BCUT2D eigenvalue weighted by molar-refractivity contribution is 5.77. The molecule has 0 aromatic heterocycles. The number of amides is 1. The number of rotatable bonds is 2. The molecule has 1 fully saturated rings. The summed E-state index contributed by atoms with van der Waals surface area (Å²) in [7, 11) is 0. The van der Waals surface area contributed by atoms with Crippen molar-refractivity contribution in [2.24, 2.45) is 5.92 Å². The molecular formula is C8H13NO3. The minimum atomic E-state index is -0.789. The Hall–Kier alpha value is -1.06. The predicted octanol–water partition coefficient (Wildman–Crippen LogP) is 0.376. The van der Waals surface area contributed by atoms with Gasteiger partial charge in [0.25, 0.3) is 0 Å². The second-order valence-corrected chi connectivity index (χ2v) is 3.25. The summed E-state index contributed by atoms with van der Waals surface area (Å²) in [5.41, 5.74) is 0. The van der Waals surface area contributed by atoms with E-state index in [0.29, 0.717) is 12.8 Å². The summed E-state index contributed by atoms with van der Waals surface area (Å²) in [4.78, 5) is 21.2. The van der Waals surface area contributed by atoms with Crippen LogP contribution >= 0.6 is 0 Å². The number of carboxylic acids is 1. The number of aliphatic carboxylic acids is 1. The van der Waals surface area contributed by atoms with Crippen LogP contribution in [0.15, 0.2) is 0 Å². The number of carbonyl (C=O) groups is 2. The van der Waals surface area contributed by atoms with Gasteiger partial charge in [-0.2, -0.15) is 0 Å². The highest BCUT2D eigenvalue weighted by atomic mass is 16.4. The second-order valence-electron chi connectivity index (χ2n) is 3.25. The minimum Gasteiger partial charge on any atom is -0.481 e. The van der Waals surface area contributed by atoms with Gasteiger partial charge in [-0.15, -0.1) is 0 Å². The van der Waals surface area contributed by atoms with Gasteiger partial charge in [0.05, 0.1) is 6.42 Å². The van der Waals surface area contributed by atoms with Crippen molar-refractivity contribution < 1.29 is 14.7 Å². The minimum absolute atomic E-state index is 0.00218. The molecule has 2 atom stereocenters. The van der Waals surface area contributed by atoms with E-state index >= 15 is 0 Å². The monoisotopic (exact) mass is 171 g/mol. The van der Waals surface area contributed by atoms with Gasteiger partial charge < -0.3 is 10.4 Å². The van der Waals surface area contributed by atoms with Crippen molar-refractivity contribution >= 4 is 11.9 Å². The van der Waals surface area contributed by atoms with Crippen LogP contribution in [0.5, 0.6) is 0 Å². The van der Waals surface area contributed by atoms with Crippen LogP contribution in [0.25, 0.3) is 0 Å². The van der Waals surface area contributed by atoms with Crippen molar-refractivity contribution in [2.45, 2.75) is 32.2 Å². The largest absolute Gasteiger partial charge is 0.481 e. The Morgan fingerprint density at radius 2 is 2.42 bits per heavy atom. The van der Waals surface area contributed by atoms with E-state index in [9.17, 15) is 9.59 Å². The zero-order valence-corrected chi connectivity index (χ0v) is 7.04. The maximum Gasteiger partial charge on any atom is 0.303 e. The highest BCUT2D eigenvalue weighted by Gasteiger charge is 2.26. The number of nitrogens with one attached hydrogen (secondary N) is 1. The third-order valence-electron chi connectivity index (χ3n) is 2.27. The van der Waals surface area contributed by atoms with E-state index in [2.05, 4.69) is 5.32 Å². The molecule has 0 aromatic rings. The molecule has 2 unspecified atom stereocenters. The van der Waals surface area contributed by atoms with Crippen LogP contribution in [0.3, 0.4) is 0 Å². The molecule has 1 saturated heterocycles. The molecule has 0 saturated carbocycles. The lowest BCUT2D eigenvalue weighted by Gasteiger charge is -2.28. The number of hydrogen-bond donors (Lipinski definition) is 2. The molecule has 68 valence electrons. The van der Waals surface area contributed by atoms with Gasteiger partial charge in [0, 0.05) is 12.5 Å². The highest BCUT2D eigenvalue weighted by Crippen LogP contribution is 2.19. The van der Waals surface area contributed by atoms with Crippen molar-refractivity contribution in [2.75, 3.05) is 0 Å². The Labute approximate surface area is 71.0 Å². The lowest BCUT2D eigenvalue weighted by molar-refractivity contribution is -0.139. The third kappa shape index (κ3) is 2.22.